The van der Waals surface area contributed by atoms with Gasteiger partial charge in [0.15, 0.2) is 5.69 Å². The van der Waals surface area contributed by atoms with Crippen molar-refractivity contribution in [1.29, 1.82) is 0 Å². The predicted molar refractivity (Wildman–Crippen MR) is 213 cm³/mol. The zero-order valence-electron chi connectivity index (χ0n) is 33.5. The van der Waals surface area contributed by atoms with Gasteiger partial charge in [-0.1, -0.05) is 0 Å². The van der Waals surface area contributed by atoms with Gasteiger partial charge in [-0.15, -0.1) is 0 Å². The molecule has 322 valence electrons. The van der Waals surface area contributed by atoms with Crippen LogP contribution in [0, 0.1) is 18.2 Å². The van der Waals surface area contributed by atoms with E-state index in [-0.39, 0.29) is 17.2 Å². The van der Waals surface area contributed by atoms with Crippen molar-refractivity contribution in [2.24, 2.45) is 5.73 Å². The molecule has 2 N–H and O–H groups in total. The lowest BCUT2D eigenvalue weighted by molar-refractivity contribution is -0.138. The lowest BCUT2D eigenvalue weighted by Gasteiger charge is -2.19. The summed E-state index contributed by atoms with van der Waals surface area (Å²) in [6.07, 6.45) is -6.28. The van der Waals surface area contributed by atoms with Gasteiger partial charge in [-0.05, 0) is 137 Å². The Labute approximate surface area is 347 Å². The molecule has 0 unspecified atom stereocenters. The van der Waals surface area contributed by atoms with Gasteiger partial charge in [0, 0.05) is 49.5 Å². The molecule has 7 rings (SSSR count). The quantitative estimate of drug-likeness (QED) is 0.115. The molecule has 0 radical (unpaired) electrons. The summed E-state index contributed by atoms with van der Waals surface area (Å²) in [6, 6.07) is 20.2. The van der Waals surface area contributed by atoms with Gasteiger partial charge >= 0.3 is 12.4 Å². The fraction of sp³-hybridized carbons (Fsp3) is 0.295. The molecule has 4 aromatic carbocycles. The maximum absolute atomic E-state index is 14.1. The standard InChI is InChI=1S/C21H21F4N3O.C19H13F4N3O.C4H8O/c1-4-28-19(29-17-7-5-14(6-8-17)21(23,24)25)12-18(27-28)13-9-15(20(2,3)26)11-16(22)10-13;1-3-26-18(27-16-6-4-13(5-7-16)19(21,22)23)11-17(25-26)12-8-14(20)10-15(9-12)24-2;1-2-4-5-3-1/h5-12H,4,26H2,1-3H3;4-11H,3H2,1H3;1-4H2. The topological polar surface area (TPSA) is 93.7 Å². The first kappa shape index (κ1) is 45.8. The molecule has 61 heavy (non-hydrogen) atoms. The molecular weight excluding hydrogens is 813 g/mol. The summed E-state index contributed by atoms with van der Waals surface area (Å²) in [5.41, 5.74) is 6.37. The third-order valence-corrected chi connectivity index (χ3v) is 8.97. The third kappa shape index (κ3) is 12.6. The molecule has 1 saturated heterocycles. The molecule has 9 nitrogen and oxygen atoms in total. The van der Waals surface area contributed by atoms with Gasteiger partial charge in [-0.25, -0.2) is 23.0 Å². The second-order valence-corrected chi connectivity index (χ2v) is 14.2. The first-order valence-corrected chi connectivity index (χ1v) is 19.0. The maximum atomic E-state index is 14.1. The highest BCUT2D eigenvalue weighted by Crippen LogP contribution is 2.35. The number of hydrogen-bond donors (Lipinski definition) is 1. The minimum atomic E-state index is -4.42. The van der Waals surface area contributed by atoms with E-state index in [1.54, 1.807) is 36.7 Å². The number of nitrogens with zero attached hydrogens (tertiary/aromatic N) is 5. The number of ether oxygens (including phenoxy) is 3. The average Bonchev–Trinajstić information content (AvgIpc) is 4.00. The van der Waals surface area contributed by atoms with Crippen LogP contribution in [0.2, 0.25) is 0 Å². The Balaban J connectivity index is 0.000000207. The zero-order valence-corrected chi connectivity index (χ0v) is 33.5. The van der Waals surface area contributed by atoms with Crippen LogP contribution in [0.3, 0.4) is 0 Å². The van der Waals surface area contributed by atoms with Gasteiger partial charge in [0.1, 0.15) is 23.1 Å². The van der Waals surface area contributed by atoms with Crippen LogP contribution < -0.4 is 15.2 Å². The van der Waals surface area contributed by atoms with Gasteiger partial charge in [-0.2, -0.15) is 36.5 Å². The summed E-state index contributed by atoms with van der Waals surface area (Å²) < 4.78 is 123. The molecule has 0 aliphatic carbocycles. The minimum Gasteiger partial charge on any atom is -0.439 e. The number of halogens is 8. The number of hydrogen-bond acceptors (Lipinski definition) is 6. The van der Waals surface area contributed by atoms with Crippen molar-refractivity contribution in [1.82, 2.24) is 19.6 Å². The van der Waals surface area contributed by atoms with Gasteiger partial charge in [0.2, 0.25) is 11.8 Å². The zero-order chi connectivity index (χ0) is 44.5. The van der Waals surface area contributed by atoms with E-state index in [0.717, 1.165) is 43.5 Å². The molecule has 0 saturated carbocycles. The van der Waals surface area contributed by atoms with Gasteiger partial charge in [-0.3, -0.25) is 0 Å². The van der Waals surface area contributed by atoms with Crippen molar-refractivity contribution in [3.8, 4) is 45.8 Å². The molecule has 0 bridgehead atoms. The average molecular weight is 855 g/mol. The van der Waals surface area contributed by atoms with Crippen molar-refractivity contribution in [3.05, 3.63) is 137 Å². The van der Waals surface area contributed by atoms with Crippen molar-refractivity contribution in [2.75, 3.05) is 13.2 Å². The first-order valence-electron chi connectivity index (χ1n) is 19.0. The van der Waals surface area contributed by atoms with Gasteiger partial charge in [0.25, 0.3) is 0 Å². The molecule has 0 spiro atoms. The van der Waals surface area contributed by atoms with Crippen molar-refractivity contribution < 1.29 is 49.3 Å². The van der Waals surface area contributed by atoms with E-state index in [2.05, 4.69) is 15.0 Å². The van der Waals surface area contributed by atoms with Crippen molar-refractivity contribution in [2.45, 2.75) is 71.5 Å². The number of aryl methyl sites for hydroxylation is 2. The molecule has 1 fully saturated rings. The van der Waals surface area contributed by atoms with Crippen LogP contribution in [0.25, 0.3) is 27.4 Å². The fourth-order valence-electron chi connectivity index (χ4n) is 5.77. The molecule has 0 atom stereocenters. The van der Waals surface area contributed by atoms with Crippen molar-refractivity contribution in [3.63, 3.8) is 0 Å². The Hall–Kier alpha value is -6.25. The summed E-state index contributed by atoms with van der Waals surface area (Å²) >= 11 is 0. The third-order valence-electron chi connectivity index (χ3n) is 8.97. The fourth-order valence-corrected chi connectivity index (χ4v) is 5.77. The van der Waals surface area contributed by atoms with E-state index in [0.29, 0.717) is 52.9 Å². The second-order valence-electron chi connectivity index (χ2n) is 14.2. The van der Waals surface area contributed by atoms with E-state index in [9.17, 15) is 35.1 Å². The van der Waals surface area contributed by atoms with Gasteiger partial charge < -0.3 is 19.9 Å². The van der Waals surface area contributed by atoms with Crippen LogP contribution in [0.4, 0.5) is 40.8 Å². The van der Waals surface area contributed by atoms with E-state index in [1.807, 2.05) is 13.8 Å². The molecule has 6 aromatic rings. The van der Waals surface area contributed by atoms with Gasteiger partial charge in [0.05, 0.1) is 29.1 Å². The maximum Gasteiger partial charge on any atom is 0.416 e. The van der Waals surface area contributed by atoms with Crippen LogP contribution in [0.1, 0.15) is 57.2 Å². The summed E-state index contributed by atoms with van der Waals surface area (Å²) in [5, 5.41) is 8.73. The molecule has 3 heterocycles. The lowest BCUT2D eigenvalue weighted by atomic mass is 9.93. The number of aromatic nitrogens is 4. The summed E-state index contributed by atoms with van der Waals surface area (Å²) in [4.78, 5) is 3.21. The van der Waals surface area contributed by atoms with Crippen LogP contribution in [0.15, 0.2) is 97.1 Å². The Bertz CT molecular complexity index is 2420. The van der Waals surface area contributed by atoms with E-state index < -0.39 is 40.7 Å². The Morgan fingerprint density at radius 1 is 0.639 bits per heavy atom. The summed E-state index contributed by atoms with van der Waals surface area (Å²) in [5.74, 6) is 0.0791. The number of alkyl halides is 6. The molecule has 1 aliphatic rings. The molecule has 0 amide bonds. The highest BCUT2D eigenvalue weighted by molar-refractivity contribution is 5.66. The molecule has 17 heteroatoms. The Morgan fingerprint density at radius 3 is 1.43 bits per heavy atom. The Kier molecular flexibility index (Phi) is 14.6. The second kappa shape index (κ2) is 19.4. The van der Waals surface area contributed by atoms with E-state index in [1.165, 1.54) is 66.1 Å². The van der Waals surface area contributed by atoms with Crippen LogP contribution in [-0.4, -0.2) is 32.8 Å². The van der Waals surface area contributed by atoms with Crippen LogP contribution in [0.5, 0.6) is 23.3 Å². The number of benzene rings is 4. The highest BCUT2D eigenvalue weighted by Gasteiger charge is 2.31. The van der Waals surface area contributed by atoms with E-state index in [4.69, 9.17) is 26.5 Å². The monoisotopic (exact) mass is 854 g/mol. The normalized spacial score (nSPS) is 12.8. The highest BCUT2D eigenvalue weighted by atomic mass is 19.4. The smallest absolute Gasteiger partial charge is 0.416 e. The largest absolute Gasteiger partial charge is 0.439 e. The number of nitrogens with two attached hydrogens (primary N) is 1. The minimum absolute atomic E-state index is 0.140. The first-order chi connectivity index (χ1) is 28.8. The Morgan fingerprint density at radius 2 is 1.07 bits per heavy atom. The molecule has 1 aliphatic heterocycles. The van der Waals surface area contributed by atoms with Crippen molar-refractivity contribution >= 4 is 5.69 Å². The molecule has 2 aromatic heterocycles. The lowest BCUT2D eigenvalue weighted by Crippen LogP contribution is -2.28. The molecular formula is C44H42F8N6O3. The SMILES string of the molecule is C1CCOC1.CCn1nc(-c2cc(F)cc(C(C)(C)N)c2)cc1Oc1ccc(C(F)(F)F)cc1.[C-]#[N+]c1cc(F)cc(-c2cc(Oc3ccc(C(F)(F)F)cc3)n(CC)n2)c1. The van der Waals surface area contributed by atoms with E-state index >= 15 is 0 Å². The number of rotatable bonds is 9. The summed E-state index contributed by atoms with van der Waals surface area (Å²) in [7, 11) is 0. The van der Waals surface area contributed by atoms with Crippen LogP contribution >= 0.6 is 0 Å². The predicted octanol–water partition coefficient (Wildman–Crippen LogP) is 12.6. The summed E-state index contributed by atoms with van der Waals surface area (Å²) in [6.45, 7) is 17.1. The van der Waals surface area contributed by atoms with Crippen LogP contribution in [-0.2, 0) is 35.7 Å².